The molecule has 0 spiro atoms. The van der Waals surface area contributed by atoms with Gasteiger partial charge in [0.05, 0.1) is 26.4 Å². The second-order valence-electron chi connectivity index (χ2n) is 5.70. The fourth-order valence-electron chi connectivity index (χ4n) is 1.59. The van der Waals surface area contributed by atoms with Gasteiger partial charge in [-0.05, 0) is 0 Å². The molecule has 0 N–H and O–H groups in total. The second-order valence-corrected chi connectivity index (χ2v) is 5.70. The van der Waals surface area contributed by atoms with E-state index >= 15 is 0 Å². The largest absolute Gasteiger partial charge is 0.495 e. The van der Waals surface area contributed by atoms with E-state index in [0.29, 0.717) is 0 Å². The first-order valence-electron chi connectivity index (χ1n) is 8.67. The van der Waals surface area contributed by atoms with Crippen LogP contribution in [0, 0.1) is 24.7 Å². The summed E-state index contributed by atoms with van der Waals surface area (Å²) in [6, 6.07) is 0. The first kappa shape index (κ1) is 32.1. The maximum atomic E-state index is 13.4. The molecule has 0 atom stereocenters. The molecule has 7 nitrogen and oxygen atoms in total. The number of hydrogen-bond acceptors (Lipinski definition) is 7. The molecule has 198 valence electrons. The van der Waals surface area contributed by atoms with Crippen molar-refractivity contribution in [3.05, 3.63) is 0 Å². The van der Waals surface area contributed by atoms with E-state index in [-0.39, 0.29) is 19.8 Å². The molecule has 0 bridgehead atoms. The van der Waals surface area contributed by atoms with E-state index in [1.54, 1.807) is 0 Å². The maximum Gasteiger partial charge on any atom is 0.495 e. The number of rotatable bonds is 19. The lowest BCUT2D eigenvalue weighted by Gasteiger charge is -2.31. The summed E-state index contributed by atoms with van der Waals surface area (Å²) in [7, 11) is 0. The number of ether oxygens (including phenoxy) is 7. The van der Waals surface area contributed by atoms with Crippen LogP contribution in [0.2, 0.25) is 0 Å². The van der Waals surface area contributed by atoms with Gasteiger partial charge in [0.25, 0.3) is 0 Å². The number of hydrogen-bond donors (Lipinski definition) is 0. The summed E-state index contributed by atoms with van der Waals surface area (Å²) in [6.07, 6.45) is -19.8. The Bertz CT molecular complexity index is 677. The minimum atomic E-state index is -6.59. The van der Waals surface area contributed by atoms with Crippen LogP contribution in [0.5, 0.6) is 0 Å². The van der Waals surface area contributed by atoms with Crippen LogP contribution >= 0.6 is 0 Å². The minimum Gasteiger partial charge on any atom is -0.370 e. The van der Waals surface area contributed by atoms with Crippen LogP contribution in [0.1, 0.15) is 0 Å². The molecule has 0 radical (unpaired) electrons. The van der Waals surface area contributed by atoms with Crippen LogP contribution in [-0.4, -0.2) is 83.6 Å². The van der Waals surface area contributed by atoms with Gasteiger partial charge in [0.1, 0.15) is 26.4 Å². The molecule has 17 heteroatoms. The van der Waals surface area contributed by atoms with E-state index in [2.05, 4.69) is 33.2 Å². The molecule has 0 saturated heterocycles. The average molecular weight is 524 g/mol. The Balaban J connectivity index is 4.82. The predicted molar refractivity (Wildman–Crippen MR) is 88.9 cm³/mol. The minimum absolute atomic E-state index is 0.236. The fourth-order valence-corrected chi connectivity index (χ4v) is 1.59. The smallest absolute Gasteiger partial charge is 0.370 e. The number of terminal acetylenes is 2. The maximum absolute atomic E-state index is 13.4. The first-order chi connectivity index (χ1) is 15.5. The van der Waals surface area contributed by atoms with Crippen molar-refractivity contribution in [1.82, 2.24) is 0 Å². The molecule has 0 heterocycles. The number of alkyl halides is 10. The van der Waals surface area contributed by atoms with E-state index in [4.69, 9.17) is 12.8 Å². The van der Waals surface area contributed by atoms with Crippen LogP contribution in [0.4, 0.5) is 43.9 Å². The monoisotopic (exact) mass is 524 g/mol. The van der Waals surface area contributed by atoms with Crippen molar-refractivity contribution in [2.75, 3.05) is 52.9 Å². The van der Waals surface area contributed by atoms with E-state index in [1.807, 2.05) is 11.8 Å². The van der Waals surface area contributed by atoms with E-state index in [1.165, 1.54) is 0 Å². The molecule has 0 aromatic rings. The molecule has 0 aliphatic heterocycles. The first-order valence-corrected chi connectivity index (χ1v) is 8.67. The van der Waals surface area contributed by atoms with Crippen molar-refractivity contribution < 1.29 is 77.1 Å². The SMILES string of the molecule is C#CCOCCOCC(F)(F)OC(F)(F)OC(F)(F)C(F)(F)OC(F)(F)COCCOCC#C. The molecule has 0 saturated carbocycles. The van der Waals surface area contributed by atoms with Gasteiger partial charge in [0.15, 0.2) is 0 Å². The molecule has 0 aliphatic rings. The summed E-state index contributed by atoms with van der Waals surface area (Å²) < 4.78 is 158. The van der Waals surface area contributed by atoms with Crippen LogP contribution in [0.15, 0.2) is 0 Å². The van der Waals surface area contributed by atoms with Crippen molar-refractivity contribution in [1.29, 1.82) is 0 Å². The molecule has 0 aliphatic carbocycles. The topological polar surface area (TPSA) is 64.6 Å². The Morgan fingerprint density at radius 3 is 1.26 bits per heavy atom. The second kappa shape index (κ2) is 13.9. The van der Waals surface area contributed by atoms with Gasteiger partial charge in [-0.1, -0.05) is 11.8 Å². The Hall–Kier alpha value is -1.86. The van der Waals surface area contributed by atoms with Crippen LogP contribution in [0.25, 0.3) is 0 Å². The number of halogens is 10. The van der Waals surface area contributed by atoms with Gasteiger partial charge in [-0.3, -0.25) is 0 Å². The lowest BCUT2D eigenvalue weighted by molar-refractivity contribution is -0.566. The van der Waals surface area contributed by atoms with E-state index in [9.17, 15) is 43.9 Å². The van der Waals surface area contributed by atoms with Crippen molar-refractivity contribution in [2.24, 2.45) is 0 Å². The summed E-state index contributed by atoms with van der Waals surface area (Å²) in [6.45, 7) is -6.59. The molecular formula is C17H18F10O7. The highest BCUT2D eigenvalue weighted by molar-refractivity contribution is 4.83. The molecule has 0 unspecified atom stereocenters. The fraction of sp³-hybridized carbons (Fsp3) is 0.765. The van der Waals surface area contributed by atoms with Crippen molar-refractivity contribution in [3.63, 3.8) is 0 Å². The zero-order chi connectivity index (χ0) is 26.5. The molecule has 0 rings (SSSR count). The molecule has 34 heavy (non-hydrogen) atoms. The lowest BCUT2D eigenvalue weighted by atomic mass is 10.5. The van der Waals surface area contributed by atoms with E-state index < -0.39 is 63.8 Å². The Morgan fingerprint density at radius 2 is 0.853 bits per heavy atom. The summed E-state index contributed by atoms with van der Waals surface area (Å²) in [5.41, 5.74) is 0. The third-order valence-corrected chi connectivity index (χ3v) is 2.79. The standard InChI is InChI=1S/C17H18F10O7/c1-3-5-28-7-9-30-11-13(18,19)32-15(22,23)16(24,25)34-17(26,27)33-14(20,21)12-31-10-8-29-6-4-2/h1-2H,5-12H2. The molecule has 0 amide bonds. The zero-order valence-electron chi connectivity index (χ0n) is 16.9. The molecular weight excluding hydrogens is 506 g/mol. The van der Waals surface area contributed by atoms with Gasteiger partial charge in [0.2, 0.25) is 0 Å². The lowest BCUT2D eigenvalue weighted by Crippen LogP contribution is -2.54. The molecule has 0 fully saturated rings. The third kappa shape index (κ3) is 13.8. The molecule has 0 aromatic heterocycles. The summed E-state index contributed by atoms with van der Waals surface area (Å²) in [5.74, 6) is 3.99. The average Bonchev–Trinajstić information content (AvgIpc) is 2.64. The van der Waals surface area contributed by atoms with Crippen LogP contribution < -0.4 is 0 Å². The van der Waals surface area contributed by atoms with Gasteiger partial charge in [-0.25, -0.2) is 14.2 Å². The highest BCUT2D eigenvalue weighted by Crippen LogP contribution is 2.44. The normalized spacial score (nSPS) is 13.5. The van der Waals surface area contributed by atoms with Crippen molar-refractivity contribution in [2.45, 2.75) is 30.7 Å². The quantitative estimate of drug-likeness (QED) is 0.111. The van der Waals surface area contributed by atoms with Gasteiger partial charge < -0.3 is 18.9 Å². The van der Waals surface area contributed by atoms with Gasteiger partial charge in [-0.2, -0.15) is 35.1 Å². The Kier molecular flexibility index (Phi) is 13.1. The van der Waals surface area contributed by atoms with Crippen molar-refractivity contribution >= 4 is 0 Å². The Morgan fingerprint density at radius 1 is 0.500 bits per heavy atom. The van der Waals surface area contributed by atoms with E-state index in [0.717, 1.165) is 0 Å². The summed E-state index contributed by atoms with van der Waals surface area (Å²) in [5, 5.41) is 0. The summed E-state index contributed by atoms with van der Waals surface area (Å²) in [4.78, 5) is 0. The van der Waals surface area contributed by atoms with Crippen LogP contribution in [-0.2, 0) is 33.2 Å². The highest BCUT2D eigenvalue weighted by Gasteiger charge is 2.68. The molecule has 0 aromatic carbocycles. The summed E-state index contributed by atoms with van der Waals surface area (Å²) >= 11 is 0. The zero-order valence-corrected chi connectivity index (χ0v) is 16.9. The van der Waals surface area contributed by atoms with Gasteiger partial charge in [-0.15, -0.1) is 21.6 Å². The Labute approximate surface area is 186 Å². The highest BCUT2D eigenvalue weighted by atomic mass is 19.3. The van der Waals surface area contributed by atoms with Crippen molar-refractivity contribution in [3.8, 4) is 24.7 Å². The third-order valence-electron chi connectivity index (χ3n) is 2.79. The predicted octanol–water partition coefficient (Wildman–Crippen LogP) is 3.29. The van der Waals surface area contributed by atoms with Gasteiger partial charge in [0, 0.05) is 0 Å². The van der Waals surface area contributed by atoms with Gasteiger partial charge >= 0.3 is 30.7 Å². The van der Waals surface area contributed by atoms with Crippen LogP contribution in [0.3, 0.4) is 0 Å².